The van der Waals surface area contributed by atoms with Crippen molar-refractivity contribution >= 4 is 52.3 Å². The first-order valence-corrected chi connectivity index (χ1v) is 13.1. The number of carbonyl (C=O) groups excluding carboxylic acids is 2. The van der Waals surface area contributed by atoms with E-state index in [-0.39, 0.29) is 11.8 Å². The molecule has 4 rings (SSSR count). The van der Waals surface area contributed by atoms with Gasteiger partial charge in [0.2, 0.25) is 0 Å². The SMILES string of the molecule is CN(C)C(=O)c1ccc(NC2CN(C3CCN(C(=O)[C@@](C)(O)c4cc(Cl)cc(Cl)c4)CC3)C2)cc1Cl. The number of amides is 2. The number of anilines is 1. The van der Waals surface area contributed by atoms with E-state index >= 15 is 0 Å². The molecule has 2 amide bonds. The summed E-state index contributed by atoms with van der Waals surface area (Å²) in [7, 11) is 3.40. The lowest BCUT2D eigenvalue weighted by Gasteiger charge is -2.48. The number of hydrogen-bond acceptors (Lipinski definition) is 5. The molecular formula is C26H31Cl3N4O3. The van der Waals surface area contributed by atoms with Gasteiger partial charge in [-0.15, -0.1) is 0 Å². The number of likely N-dealkylation sites (tertiary alicyclic amines) is 2. The second kappa shape index (κ2) is 10.8. The summed E-state index contributed by atoms with van der Waals surface area (Å²) < 4.78 is 0. The van der Waals surface area contributed by atoms with Crippen LogP contribution in [-0.4, -0.2) is 84.0 Å². The third-order valence-electron chi connectivity index (χ3n) is 7.00. The predicted molar refractivity (Wildman–Crippen MR) is 144 cm³/mol. The van der Waals surface area contributed by atoms with Gasteiger partial charge in [0.05, 0.1) is 16.6 Å². The zero-order chi connectivity index (χ0) is 26.2. The summed E-state index contributed by atoms with van der Waals surface area (Å²) in [5.74, 6) is -0.459. The molecule has 0 unspecified atom stereocenters. The average molecular weight is 554 g/mol. The van der Waals surface area contributed by atoms with Crippen molar-refractivity contribution in [2.75, 3.05) is 45.6 Å². The maximum absolute atomic E-state index is 13.1. The lowest BCUT2D eigenvalue weighted by molar-refractivity contribution is -0.152. The minimum Gasteiger partial charge on any atom is -0.380 e. The van der Waals surface area contributed by atoms with Crippen molar-refractivity contribution in [1.82, 2.24) is 14.7 Å². The highest BCUT2D eigenvalue weighted by Gasteiger charge is 2.40. The number of aliphatic hydroxyl groups is 1. The fourth-order valence-corrected chi connectivity index (χ4v) is 5.64. The lowest BCUT2D eigenvalue weighted by atomic mass is 9.92. The monoisotopic (exact) mass is 552 g/mol. The third-order valence-corrected chi connectivity index (χ3v) is 7.74. The van der Waals surface area contributed by atoms with Crippen LogP contribution >= 0.6 is 34.8 Å². The average Bonchev–Trinajstić information content (AvgIpc) is 2.79. The van der Waals surface area contributed by atoms with Gasteiger partial charge < -0.3 is 20.2 Å². The zero-order valence-electron chi connectivity index (χ0n) is 20.6. The molecule has 0 saturated carbocycles. The van der Waals surface area contributed by atoms with E-state index in [2.05, 4.69) is 10.2 Å². The standard InChI is InChI=1S/C26H31Cl3N4O3/c1-26(36,16-10-17(27)12-18(28)11-16)25(35)32-8-6-21(7-9-32)33-14-20(15-33)30-19-4-5-22(23(29)13-19)24(34)31(2)3/h4-5,10-13,20-21,30,36H,6-9,14-15H2,1-3H3/t26-/m0/s1. The maximum atomic E-state index is 13.1. The van der Waals surface area contributed by atoms with Gasteiger partial charge in [-0.05, 0) is 61.7 Å². The Morgan fingerprint density at radius 1 is 1.03 bits per heavy atom. The second-order valence-corrected chi connectivity index (χ2v) is 11.2. The highest BCUT2D eigenvalue weighted by Crippen LogP contribution is 2.31. The van der Waals surface area contributed by atoms with Gasteiger partial charge in [-0.1, -0.05) is 34.8 Å². The molecule has 0 radical (unpaired) electrons. The summed E-state index contributed by atoms with van der Waals surface area (Å²) in [4.78, 5) is 30.9. The van der Waals surface area contributed by atoms with Crippen molar-refractivity contribution < 1.29 is 14.7 Å². The van der Waals surface area contributed by atoms with Crippen LogP contribution in [0.4, 0.5) is 5.69 Å². The van der Waals surface area contributed by atoms with Crippen LogP contribution in [0.5, 0.6) is 0 Å². The maximum Gasteiger partial charge on any atom is 0.258 e. The lowest BCUT2D eigenvalue weighted by Crippen LogP contribution is -2.61. The summed E-state index contributed by atoms with van der Waals surface area (Å²) in [6.07, 6.45) is 1.69. The Hall–Kier alpha value is -2.03. The minimum absolute atomic E-state index is 0.121. The Kier molecular flexibility index (Phi) is 8.07. The summed E-state index contributed by atoms with van der Waals surface area (Å²) in [6, 6.07) is 10.8. The number of piperidine rings is 1. The molecule has 2 aromatic rings. The molecule has 0 spiro atoms. The first-order chi connectivity index (χ1) is 17.0. The fourth-order valence-electron chi connectivity index (χ4n) is 4.86. The van der Waals surface area contributed by atoms with Gasteiger partial charge in [-0.25, -0.2) is 0 Å². The molecule has 194 valence electrons. The fraction of sp³-hybridized carbons (Fsp3) is 0.462. The van der Waals surface area contributed by atoms with Gasteiger partial charge in [0.15, 0.2) is 5.60 Å². The number of carbonyl (C=O) groups is 2. The van der Waals surface area contributed by atoms with Crippen LogP contribution in [0.15, 0.2) is 36.4 Å². The molecular weight excluding hydrogens is 523 g/mol. The number of hydrogen-bond donors (Lipinski definition) is 2. The molecule has 2 fully saturated rings. The third kappa shape index (κ3) is 5.76. The van der Waals surface area contributed by atoms with E-state index in [9.17, 15) is 14.7 Å². The van der Waals surface area contributed by atoms with Gasteiger partial charge in [0.1, 0.15) is 0 Å². The zero-order valence-corrected chi connectivity index (χ0v) is 22.9. The smallest absolute Gasteiger partial charge is 0.258 e. The van der Waals surface area contributed by atoms with Crippen LogP contribution in [0.3, 0.4) is 0 Å². The van der Waals surface area contributed by atoms with Crippen LogP contribution in [0.25, 0.3) is 0 Å². The summed E-state index contributed by atoms with van der Waals surface area (Å²) in [5, 5.41) is 15.7. The normalized spacial score (nSPS) is 18.9. The number of rotatable bonds is 6. The molecule has 36 heavy (non-hydrogen) atoms. The summed E-state index contributed by atoms with van der Waals surface area (Å²) in [5.41, 5.74) is 0.0779. The molecule has 2 aliphatic rings. The molecule has 2 aromatic carbocycles. The van der Waals surface area contributed by atoms with Crippen molar-refractivity contribution in [1.29, 1.82) is 0 Å². The molecule has 0 aromatic heterocycles. The summed E-state index contributed by atoms with van der Waals surface area (Å²) in [6.45, 7) is 4.45. The first kappa shape index (κ1) is 27.0. The van der Waals surface area contributed by atoms with Crippen molar-refractivity contribution in [3.8, 4) is 0 Å². The molecule has 2 aliphatic heterocycles. The number of benzene rings is 2. The predicted octanol–water partition coefficient (Wildman–Crippen LogP) is 4.34. The van der Waals surface area contributed by atoms with E-state index in [0.717, 1.165) is 31.6 Å². The quantitative estimate of drug-likeness (QED) is 0.557. The van der Waals surface area contributed by atoms with E-state index in [1.807, 2.05) is 6.07 Å². The molecule has 2 N–H and O–H groups in total. The molecule has 0 bridgehead atoms. The minimum atomic E-state index is -1.69. The summed E-state index contributed by atoms with van der Waals surface area (Å²) >= 11 is 18.5. The van der Waals surface area contributed by atoms with Crippen molar-refractivity contribution in [2.24, 2.45) is 0 Å². The molecule has 2 heterocycles. The van der Waals surface area contributed by atoms with Gasteiger partial charge in [0.25, 0.3) is 11.8 Å². The van der Waals surface area contributed by atoms with Crippen LogP contribution in [0.1, 0.15) is 35.7 Å². The Morgan fingerprint density at radius 3 is 2.19 bits per heavy atom. The van der Waals surface area contributed by atoms with Gasteiger partial charge in [-0.2, -0.15) is 0 Å². The van der Waals surface area contributed by atoms with E-state index in [1.165, 1.54) is 11.8 Å². The van der Waals surface area contributed by atoms with Crippen LogP contribution in [0.2, 0.25) is 15.1 Å². The van der Waals surface area contributed by atoms with E-state index in [1.54, 1.807) is 49.3 Å². The van der Waals surface area contributed by atoms with Crippen LogP contribution in [-0.2, 0) is 10.4 Å². The Bertz CT molecular complexity index is 1120. The largest absolute Gasteiger partial charge is 0.380 e. The topological polar surface area (TPSA) is 76.1 Å². The van der Waals surface area contributed by atoms with Crippen molar-refractivity contribution in [3.63, 3.8) is 0 Å². The second-order valence-electron chi connectivity index (χ2n) is 9.94. The Morgan fingerprint density at radius 2 is 1.64 bits per heavy atom. The van der Waals surface area contributed by atoms with E-state index in [0.29, 0.717) is 51.4 Å². The molecule has 7 nitrogen and oxygen atoms in total. The van der Waals surface area contributed by atoms with Gasteiger partial charge in [-0.3, -0.25) is 14.5 Å². The first-order valence-electron chi connectivity index (χ1n) is 12.0. The molecule has 2 saturated heterocycles. The van der Waals surface area contributed by atoms with E-state index < -0.39 is 5.60 Å². The van der Waals surface area contributed by atoms with E-state index in [4.69, 9.17) is 34.8 Å². The van der Waals surface area contributed by atoms with Crippen LogP contribution in [0, 0.1) is 0 Å². The van der Waals surface area contributed by atoms with Crippen molar-refractivity contribution in [2.45, 2.75) is 37.5 Å². The molecule has 1 atom stereocenters. The molecule has 10 heteroatoms. The van der Waals surface area contributed by atoms with Crippen LogP contribution < -0.4 is 5.32 Å². The highest BCUT2D eigenvalue weighted by atomic mass is 35.5. The van der Waals surface area contributed by atoms with Crippen molar-refractivity contribution in [3.05, 3.63) is 62.6 Å². The Balaban J connectivity index is 1.27. The number of nitrogens with one attached hydrogen (secondary N) is 1. The highest BCUT2D eigenvalue weighted by molar-refractivity contribution is 6.35. The Labute approximate surface area is 226 Å². The van der Waals surface area contributed by atoms with Gasteiger partial charge in [0, 0.05) is 62.0 Å². The van der Waals surface area contributed by atoms with Gasteiger partial charge >= 0.3 is 0 Å². The number of nitrogens with zero attached hydrogens (tertiary/aromatic N) is 3. The molecule has 0 aliphatic carbocycles. The number of halogens is 3.